The highest BCUT2D eigenvalue weighted by Crippen LogP contribution is 2.39. The van der Waals surface area contributed by atoms with Crippen molar-refractivity contribution in [1.29, 1.82) is 0 Å². The van der Waals surface area contributed by atoms with Crippen LogP contribution < -0.4 is 4.90 Å². The number of hydrogen-bond donors (Lipinski definition) is 2. The molecule has 2 fully saturated rings. The van der Waals surface area contributed by atoms with Crippen LogP contribution in [0.4, 0.5) is 10.6 Å². The summed E-state index contributed by atoms with van der Waals surface area (Å²) in [6, 6.07) is 10.4. The first-order chi connectivity index (χ1) is 17.2. The quantitative estimate of drug-likeness (QED) is 0.581. The number of piperazine rings is 1. The zero-order chi connectivity index (χ0) is 25.5. The van der Waals surface area contributed by atoms with Gasteiger partial charge in [-0.1, -0.05) is 45.0 Å². The molecule has 0 bridgehead atoms. The number of likely N-dealkylation sites (tertiary alicyclic amines) is 1. The summed E-state index contributed by atoms with van der Waals surface area (Å²) in [5.41, 5.74) is 2.31. The molecule has 3 aromatic rings. The first kappa shape index (κ1) is 24.1. The Hall–Kier alpha value is -3.62. The first-order valence-electron chi connectivity index (χ1n) is 12.6. The van der Waals surface area contributed by atoms with Crippen molar-refractivity contribution in [1.82, 2.24) is 24.8 Å². The van der Waals surface area contributed by atoms with Crippen LogP contribution in [0.25, 0.3) is 11.0 Å². The van der Waals surface area contributed by atoms with Crippen molar-refractivity contribution in [2.45, 2.75) is 44.4 Å². The predicted molar refractivity (Wildman–Crippen MR) is 138 cm³/mol. The third kappa shape index (κ3) is 4.27. The van der Waals surface area contributed by atoms with Gasteiger partial charge in [0, 0.05) is 45.5 Å². The molecular formula is C27H34N6O3. The van der Waals surface area contributed by atoms with Crippen molar-refractivity contribution in [2.24, 2.45) is 0 Å². The molecule has 0 saturated carbocycles. The van der Waals surface area contributed by atoms with E-state index in [1.165, 1.54) is 10.5 Å². The normalized spacial score (nSPS) is 18.5. The van der Waals surface area contributed by atoms with E-state index in [1.807, 2.05) is 17.2 Å². The third-order valence-corrected chi connectivity index (χ3v) is 7.80. The molecule has 4 heterocycles. The average molecular weight is 491 g/mol. The lowest BCUT2D eigenvalue weighted by Crippen LogP contribution is -2.58. The van der Waals surface area contributed by atoms with Gasteiger partial charge in [-0.3, -0.25) is 4.79 Å². The lowest BCUT2D eigenvalue weighted by Gasteiger charge is -2.45. The Kier molecular flexibility index (Phi) is 6.10. The van der Waals surface area contributed by atoms with Gasteiger partial charge in [-0.25, -0.2) is 14.8 Å². The van der Waals surface area contributed by atoms with Gasteiger partial charge in [0.15, 0.2) is 0 Å². The Bertz CT molecular complexity index is 1250. The number of carbonyl (C=O) groups is 2. The Balaban J connectivity index is 1.38. The summed E-state index contributed by atoms with van der Waals surface area (Å²) in [5.74, 6) is 0.987. The second kappa shape index (κ2) is 9.11. The van der Waals surface area contributed by atoms with Crippen molar-refractivity contribution in [2.75, 3.05) is 44.2 Å². The van der Waals surface area contributed by atoms with Gasteiger partial charge in [0.1, 0.15) is 17.8 Å². The number of aromatic amines is 1. The van der Waals surface area contributed by atoms with Crippen molar-refractivity contribution in [3.63, 3.8) is 0 Å². The van der Waals surface area contributed by atoms with E-state index in [-0.39, 0.29) is 11.3 Å². The minimum absolute atomic E-state index is 0.0184. The van der Waals surface area contributed by atoms with Gasteiger partial charge < -0.3 is 24.8 Å². The van der Waals surface area contributed by atoms with Gasteiger partial charge in [0.25, 0.3) is 0 Å². The standard InChI is InChI=1S/C27H34N6O3/c1-26(2,3)19-4-6-20(7-5-19)27(9-12-33(13-10-27)25(35)36)24(34)32-16-14-31(15-17-32)23-21-8-11-28-22(21)29-18-30-23/h4-8,11,18H,9-10,12-17H2,1-3H3,(H,35,36)(H,28,29,30). The van der Waals surface area contributed by atoms with Crippen molar-refractivity contribution < 1.29 is 14.7 Å². The fourth-order valence-corrected chi connectivity index (χ4v) is 5.53. The Morgan fingerprint density at radius 3 is 2.19 bits per heavy atom. The first-order valence-corrected chi connectivity index (χ1v) is 12.6. The summed E-state index contributed by atoms with van der Waals surface area (Å²) >= 11 is 0. The number of carbonyl (C=O) groups excluding carboxylic acids is 1. The number of hydrogen-bond acceptors (Lipinski definition) is 5. The smallest absolute Gasteiger partial charge is 0.407 e. The van der Waals surface area contributed by atoms with E-state index in [1.54, 1.807) is 6.33 Å². The lowest BCUT2D eigenvalue weighted by molar-refractivity contribution is -0.139. The number of piperidine rings is 1. The van der Waals surface area contributed by atoms with E-state index in [4.69, 9.17) is 0 Å². The number of nitrogens with zero attached hydrogens (tertiary/aromatic N) is 5. The molecule has 2 aromatic heterocycles. The van der Waals surface area contributed by atoms with Crippen molar-refractivity contribution in [3.8, 4) is 0 Å². The highest BCUT2D eigenvalue weighted by molar-refractivity contribution is 5.90. The average Bonchev–Trinajstić information content (AvgIpc) is 3.37. The predicted octanol–water partition coefficient (Wildman–Crippen LogP) is 3.62. The molecule has 0 spiro atoms. The highest BCUT2D eigenvalue weighted by atomic mass is 16.4. The molecule has 2 aliphatic heterocycles. The maximum atomic E-state index is 14.2. The molecule has 0 radical (unpaired) electrons. The summed E-state index contributed by atoms with van der Waals surface area (Å²) in [4.78, 5) is 43.2. The van der Waals surface area contributed by atoms with E-state index < -0.39 is 11.5 Å². The molecule has 9 nitrogen and oxygen atoms in total. The summed E-state index contributed by atoms with van der Waals surface area (Å²) in [6.45, 7) is 9.79. The molecule has 0 aliphatic carbocycles. The number of nitrogens with one attached hydrogen (secondary N) is 1. The van der Waals surface area contributed by atoms with Gasteiger partial charge in [-0.2, -0.15) is 0 Å². The second-order valence-electron chi connectivity index (χ2n) is 10.9. The number of rotatable bonds is 3. The van der Waals surface area contributed by atoms with Gasteiger partial charge >= 0.3 is 6.09 Å². The molecular weight excluding hydrogens is 456 g/mol. The van der Waals surface area contributed by atoms with E-state index in [0.717, 1.165) is 22.4 Å². The zero-order valence-electron chi connectivity index (χ0n) is 21.2. The molecule has 5 rings (SSSR count). The van der Waals surface area contributed by atoms with E-state index in [2.05, 4.69) is 64.9 Å². The summed E-state index contributed by atoms with van der Waals surface area (Å²) in [7, 11) is 0. The Labute approximate surface area is 211 Å². The number of benzene rings is 1. The number of aromatic nitrogens is 3. The summed E-state index contributed by atoms with van der Waals surface area (Å²) in [5, 5.41) is 10.5. The molecule has 9 heteroatoms. The summed E-state index contributed by atoms with van der Waals surface area (Å²) in [6.07, 6.45) is 3.49. The fraction of sp³-hybridized carbons (Fsp3) is 0.481. The Morgan fingerprint density at radius 1 is 0.917 bits per heavy atom. The van der Waals surface area contributed by atoms with Crippen LogP contribution in [0.2, 0.25) is 0 Å². The van der Waals surface area contributed by atoms with Gasteiger partial charge in [-0.15, -0.1) is 0 Å². The van der Waals surface area contributed by atoms with Crippen LogP contribution >= 0.6 is 0 Å². The zero-order valence-corrected chi connectivity index (χ0v) is 21.2. The minimum atomic E-state index is -0.923. The molecule has 0 atom stereocenters. The number of anilines is 1. The van der Waals surface area contributed by atoms with Gasteiger partial charge in [-0.05, 0) is 35.4 Å². The van der Waals surface area contributed by atoms with E-state index in [0.29, 0.717) is 52.1 Å². The molecule has 36 heavy (non-hydrogen) atoms. The van der Waals surface area contributed by atoms with Gasteiger partial charge in [0.05, 0.1) is 10.8 Å². The molecule has 2 aliphatic rings. The minimum Gasteiger partial charge on any atom is -0.465 e. The molecule has 1 aromatic carbocycles. The lowest BCUT2D eigenvalue weighted by atomic mass is 9.70. The number of H-pyrrole nitrogens is 1. The molecule has 2 saturated heterocycles. The van der Waals surface area contributed by atoms with Crippen LogP contribution in [0.1, 0.15) is 44.7 Å². The number of fused-ring (bicyclic) bond motifs is 1. The van der Waals surface area contributed by atoms with Crippen LogP contribution in [-0.2, 0) is 15.6 Å². The molecule has 2 N–H and O–H groups in total. The molecule has 0 unspecified atom stereocenters. The van der Waals surface area contributed by atoms with E-state index in [9.17, 15) is 14.7 Å². The summed E-state index contributed by atoms with van der Waals surface area (Å²) < 4.78 is 0. The number of amides is 2. The van der Waals surface area contributed by atoms with E-state index >= 15 is 0 Å². The van der Waals surface area contributed by atoms with Gasteiger partial charge in [0.2, 0.25) is 5.91 Å². The maximum absolute atomic E-state index is 14.2. The van der Waals surface area contributed by atoms with Crippen LogP contribution in [0, 0.1) is 0 Å². The largest absolute Gasteiger partial charge is 0.465 e. The monoisotopic (exact) mass is 490 g/mol. The number of carboxylic acid groups (broad SMARTS) is 1. The SMILES string of the molecule is CC(C)(C)c1ccc(C2(C(=O)N3CCN(c4ncnc5[nH]ccc45)CC3)CCN(C(=O)O)CC2)cc1. The second-order valence-corrected chi connectivity index (χ2v) is 10.9. The van der Waals surface area contributed by atoms with Crippen LogP contribution in [0.15, 0.2) is 42.9 Å². The van der Waals surface area contributed by atoms with Crippen molar-refractivity contribution >= 4 is 28.9 Å². The van der Waals surface area contributed by atoms with Crippen LogP contribution in [-0.4, -0.2) is 81.1 Å². The van der Waals surface area contributed by atoms with Crippen LogP contribution in [0.3, 0.4) is 0 Å². The topological polar surface area (TPSA) is 106 Å². The highest BCUT2D eigenvalue weighted by Gasteiger charge is 2.46. The molecule has 190 valence electrons. The third-order valence-electron chi connectivity index (χ3n) is 7.80. The Morgan fingerprint density at radius 2 is 1.58 bits per heavy atom. The fourth-order valence-electron chi connectivity index (χ4n) is 5.53. The van der Waals surface area contributed by atoms with Crippen LogP contribution in [0.5, 0.6) is 0 Å². The maximum Gasteiger partial charge on any atom is 0.407 e. The molecule has 2 amide bonds. The van der Waals surface area contributed by atoms with Crippen molar-refractivity contribution in [3.05, 3.63) is 54.0 Å².